The summed E-state index contributed by atoms with van der Waals surface area (Å²) < 4.78 is 7.90. The molecular weight excluding hydrogens is 336 g/mol. The lowest BCUT2D eigenvalue weighted by molar-refractivity contribution is 0.0107. The van der Waals surface area contributed by atoms with Gasteiger partial charge in [0, 0.05) is 49.1 Å². The molecule has 2 aromatic heterocycles. The number of thiophene rings is 1. The molecule has 1 spiro atoms. The fraction of sp³-hybridized carbons (Fsp3) is 0.611. The molecule has 1 aliphatic carbocycles. The molecule has 132 valence electrons. The van der Waals surface area contributed by atoms with Crippen LogP contribution in [0.5, 0.6) is 0 Å². The number of hydrogen-bond donors (Lipinski definition) is 0. The zero-order valence-electron chi connectivity index (χ0n) is 14.1. The van der Waals surface area contributed by atoms with E-state index in [1.165, 1.54) is 12.8 Å². The van der Waals surface area contributed by atoms with E-state index < -0.39 is 0 Å². The molecule has 1 unspecified atom stereocenters. The van der Waals surface area contributed by atoms with Gasteiger partial charge in [-0.2, -0.15) is 11.3 Å². The van der Waals surface area contributed by atoms with Crippen molar-refractivity contribution in [1.29, 1.82) is 0 Å². The van der Waals surface area contributed by atoms with Gasteiger partial charge in [-0.15, -0.1) is 10.2 Å². The lowest BCUT2D eigenvalue weighted by Gasteiger charge is -2.37. The molecule has 1 atom stereocenters. The maximum atomic E-state index is 12.9. The second-order valence-electron chi connectivity index (χ2n) is 7.55. The maximum absolute atomic E-state index is 12.9. The fourth-order valence-electron chi connectivity index (χ4n) is 4.47. The standard InChI is InChI=1S/C18H22N4O2S/c23-17(13-3-8-25-10-13)21-9-15(18(11-21)4-6-24-7-5-18)16-20-19-12-22(16)14-1-2-14/h3,8,10,12,14-15H,1-2,4-7,9,11H2. The van der Waals surface area contributed by atoms with Gasteiger partial charge >= 0.3 is 0 Å². The molecule has 1 amide bonds. The summed E-state index contributed by atoms with van der Waals surface area (Å²) in [5, 5.41) is 12.6. The smallest absolute Gasteiger partial charge is 0.254 e. The SMILES string of the molecule is O=C(c1ccsc1)N1CC(c2nncn2C2CC2)C2(CCOCC2)C1. The van der Waals surface area contributed by atoms with Crippen LogP contribution in [-0.2, 0) is 4.74 Å². The Labute approximate surface area is 150 Å². The molecule has 2 saturated heterocycles. The van der Waals surface area contributed by atoms with Crippen LogP contribution in [0.1, 0.15) is 53.8 Å². The number of nitrogens with zero attached hydrogens (tertiary/aromatic N) is 4. The molecule has 2 aliphatic heterocycles. The van der Waals surface area contributed by atoms with Crippen molar-refractivity contribution in [3.05, 3.63) is 34.5 Å². The van der Waals surface area contributed by atoms with E-state index in [-0.39, 0.29) is 17.2 Å². The Hall–Kier alpha value is -1.73. The van der Waals surface area contributed by atoms with Gasteiger partial charge in [0.1, 0.15) is 12.2 Å². The van der Waals surface area contributed by atoms with Crippen molar-refractivity contribution >= 4 is 17.2 Å². The first-order valence-electron chi connectivity index (χ1n) is 9.05. The highest BCUT2D eigenvalue weighted by atomic mass is 32.1. The van der Waals surface area contributed by atoms with Crippen LogP contribution in [0.25, 0.3) is 0 Å². The first kappa shape index (κ1) is 15.5. The van der Waals surface area contributed by atoms with Crippen LogP contribution < -0.4 is 0 Å². The number of likely N-dealkylation sites (tertiary alicyclic amines) is 1. The highest BCUT2D eigenvalue weighted by molar-refractivity contribution is 7.08. The van der Waals surface area contributed by atoms with E-state index in [9.17, 15) is 4.79 Å². The molecular formula is C18H22N4O2S. The molecule has 3 fully saturated rings. The van der Waals surface area contributed by atoms with E-state index >= 15 is 0 Å². The van der Waals surface area contributed by atoms with E-state index in [0.29, 0.717) is 6.04 Å². The Morgan fingerprint density at radius 3 is 2.88 bits per heavy atom. The molecule has 25 heavy (non-hydrogen) atoms. The maximum Gasteiger partial charge on any atom is 0.254 e. The van der Waals surface area contributed by atoms with Crippen LogP contribution in [0.2, 0.25) is 0 Å². The molecule has 0 bridgehead atoms. The van der Waals surface area contributed by atoms with Crippen molar-refractivity contribution in [1.82, 2.24) is 19.7 Å². The van der Waals surface area contributed by atoms with Gasteiger partial charge in [-0.3, -0.25) is 4.79 Å². The normalized spacial score (nSPS) is 25.6. The topological polar surface area (TPSA) is 60.2 Å². The molecule has 2 aromatic rings. The van der Waals surface area contributed by atoms with Crippen molar-refractivity contribution in [3.63, 3.8) is 0 Å². The van der Waals surface area contributed by atoms with Gasteiger partial charge in [-0.05, 0) is 37.1 Å². The lowest BCUT2D eigenvalue weighted by atomic mass is 9.71. The van der Waals surface area contributed by atoms with Gasteiger partial charge in [0.2, 0.25) is 0 Å². The molecule has 5 rings (SSSR count). The van der Waals surface area contributed by atoms with Gasteiger partial charge in [0.25, 0.3) is 5.91 Å². The van der Waals surface area contributed by atoms with E-state index in [2.05, 4.69) is 14.8 Å². The third-order valence-electron chi connectivity index (χ3n) is 6.04. The van der Waals surface area contributed by atoms with E-state index in [1.54, 1.807) is 11.3 Å². The highest BCUT2D eigenvalue weighted by Crippen LogP contribution is 2.50. The first-order chi connectivity index (χ1) is 12.3. The minimum absolute atomic E-state index is 0.0730. The van der Waals surface area contributed by atoms with Crippen molar-refractivity contribution in [3.8, 4) is 0 Å². The summed E-state index contributed by atoms with van der Waals surface area (Å²) in [6, 6.07) is 2.48. The summed E-state index contributed by atoms with van der Waals surface area (Å²) in [4.78, 5) is 15.0. The summed E-state index contributed by atoms with van der Waals surface area (Å²) in [6.07, 6.45) is 6.28. The Morgan fingerprint density at radius 1 is 1.32 bits per heavy atom. The molecule has 0 aromatic carbocycles. The number of aromatic nitrogens is 3. The number of amides is 1. The zero-order valence-corrected chi connectivity index (χ0v) is 15.0. The minimum atomic E-state index is 0.0730. The lowest BCUT2D eigenvalue weighted by Crippen LogP contribution is -2.37. The zero-order chi connectivity index (χ0) is 16.9. The molecule has 7 heteroatoms. The first-order valence-corrected chi connectivity index (χ1v) is 10.00. The minimum Gasteiger partial charge on any atom is -0.381 e. The number of carbonyl (C=O) groups is 1. The number of rotatable bonds is 3. The van der Waals surface area contributed by atoms with Crippen molar-refractivity contribution in [2.24, 2.45) is 5.41 Å². The van der Waals surface area contributed by atoms with Crippen molar-refractivity contribution in [2.45, 2.75) is 37.6 Å². The van der Waals surface area contributed by atoms with Crippen LogP contribution in [0.4, 0.5) is 0 Å². The van der Waals surface area contributed by atoms with E-state index in [0.717, 1.165) is 50.5 Å². The quantitative estimate of drug-likeness (QED) is 0.846. The summed E-state index contributed by atoms with van der Waals surface area (Å²) >= 11 is 1.57. The fourth-order valence-corrected chi connectivity index (χ4v) is 5.10. The third kappa shape index (κ3) is 2.60. The average Bonchev–Trinajstić information content (AvgIpc) is 3.05. The Morgan fingerprint density at radius 2 is 2.16 bits per heavy atom. The highest BCUT2D eigenvalue weighted by Gasteiger charge is 2.51. The monoisotopic (exact) mass is 358 g/mol. The van der Waals surface area contributed by atoms with E-state index in [4.69, 9.17) is 4.74 Å². The molecule has 1 saturated carbocycles. The van der Waals surface area contributed by atoms with Crippen LogP contribution in [0.3, 0.4) is 0 Å². The number of ether oxygens (including phenoxy) is 1. The van der Waals surface area contributed by atoms with Gasteiger partial charge < -0.3 is 14.2 Å². The Kier molecular flexibility index (Phi) is 3.67. The van der Waals surface area contributed by atoms with E-state index in [1.807, 2.05) is 28.1 Å². The number of carbonyl (C=O) groups excluding carboxylic acids is 1. The van der Waals surface area contributed by atoms with Crippen LogP contribution in [0, 0.1) is 5.41 Å². The van der Waals surface area contributed by atoms with Gasteiger partial charge in [-0.1, -0.05) is 0 Å². The third-order valence-corrected chi connectivity index (χ3v) is 6.73. The van der Waals surface area contributed by atoms with Crippen molar-refractivity contribution < 1.29 is 9.53 Å². The Bertz CT molecular complexity index is 762. The van der Waals surface area contributed by atoms with Gasteiger partial charge in [-0.25, -0.2) is 0 Å². The summed E-state index contributed by atoms with van der Waals surface area (Å²) in [6.45, 7) is 3.08. The summed E-state index contributed by atoms with van der Waals surface area (Å²) in [5.74, 6) is 1.47. The molecule has 0 N–H and O–H groups in total. The molecule has 3 aliphatic rings. The Balaban J connectivity index is 1.49. The average molecular weight is 358 g/mol. The second kappa shape index (κ2) is 5.92. The second-order valence-corrected chi connectivity index (χ2v) is 8.33. The largest absolute Gasteiger partial charge is 0.381 e. The number of hydrogen-bond acceptors (Lipinski definition) is 5. The van der Waals surface area contributed by atoms with Gasteiger partial charge in [0.15, 0.2) is 0 Å². The molecule has 0 radical (unpaired) electrons. The van der Waals surface area contributed by atoms with Crippen LogP contribution in [-0.4, -0.2) is 51.9 Å². The predicted molar refractivity (Wildman–Crippen MR) is 93.7 cm³/mol. The molecule has 6 nitrogen and oxygen atoms in total. The van der Waals surface area contributed by atoms with Crippen molar-refractivity contribution in [2.75, 3.05) is 26.3 Å². The summed E-state index contributed by atoms with van der Waals surface area (Å²) in [5.41, 5.74) is 0.875. The molecule has 4 heterocycles. The predicted octanol–water partition coefficient (Wildman–Crippen LogP) is 2.71. The summed E-state index contributed by atoms with van der Waals surface area (Å²) in [7, 11) is 0. The van der Waals surface area contributed by atoms with Crippen LogP contribution >= 0.6 is 11.3 Å². The van der Waals surface area contributed by atoms with Gasteiger partial charge in [0.05, 0.1) is 5.56 Å². The van der Waals surface area contributed by atoms with Crippen LogP contribution in [0.15, 0.2) is 23.2 Å².